The van der Waals surface area contributed by atoms with Crippen LogP contribution in [-0.4, -0.2) is 24.8 Å². The number of fused-ring (bicyclic) bond motifs is 4. The summed E-state index contributed by atoms with van der Waals surface area (Å²) >= 11 is 0. The smallest absolute Gasteiger partial charge is 0.0608 e. The Balaban J connectivity index is 1.28. The van der Waals surface area contributed by atoms with Gasteiger partial charge in [0.05, 0.1) is 6.10 Å². The fourth-order valence-electron chi connectivity index (χ4n) is 8.81. The number of allylic oxidation sites excluding steroid dienone is 1. The van der Waals surface area contributed by atoms with Gasteiger partial charge >= 0.3 is 0 Å². The lowest BCUT2D eigenvalue weighted by atomic mass is 9.47. The SMILES string of the molecule is CCCCCCC1NC23CCC4C(CC=C5CC(OC)CCC54C)C2CCC13. The summed E-state index contributed by atoms with van der Waals surface area (Å²) in [6.07, 6.45) is 21.4. The second-order valence-electron chi connectivity index (χ2n) is 11.2. The monoisotopic (exact) mass is 385 g/mol. The van der Waals surface area contributed by atoms with E-state index in [1.54, 1.807) is 5.57 Å². The summed E-state index contributed by atoms with van der Waals surface area (Å²) in [5, 5.41) is 4.23. The second kappa shape index (κ2) is 7.41. The quantitative estimate of drug-likeness (QED) is 0.431. The molecule has 0 aromatic heterocycles. The van der Waals surface area contributed by atoms with Crippen molar-refractivity contribution in [2.75, 3.05) is 7.11 Å². The molecule has 4 fully saturated rings. The minimum atomic E-state index is 0.473. The highest BCUT2D eigenvalue weighted by atomic mass is 16.5. The molecule has 1 saturated heterocycles. The number of hydrogen-bond acceptors (Lipinski definition) is 2. The number of methoxy groups -OCH3 is 1. The number of nitrogens with one attached hydrogen (secondary N) is 1. The van der Waals surface area contributed by atoms with Crippen molar-refractivity contribution in [3.8, 4) is 0 Å². The third kappa shape index (κ3) is 2.80. The molecule has 0 amide bonds. The third-order valence-corrected chi connectivity index (χ3v) is 10.3. The number of hydrogen-bond donors (Lipinski definition) is 1. The van der Waals surface area contributed by atoms with Gasteiger partial charge in [0.1, 0.15) is 0 Å². The highest BCUT2D eigenvalue weighted by Crippen LogP contribution is 2.66. The molecule has 158 valence electrons. The van der Waals surface area contributed by atoms with E-state index in [0.29, 0.717) is 17.1 Å². The summed E-state index contributed by atoms with van der Waals surface area (Å²) < 4.78 is 5.74. The topological polar surface area (TPSA) is 21.3 Å². The summed E-state index contributed by atoms with van der Waals surface area (Å²) in [5.74, 6) is 3.84. The van der Waals surface area contributed by atoms with Crippen LogP contribution >= 0.6 is 0 Å². The van der Waals surface area contributed by atoms with E-state index in [0.717, 1.165) is 29.7 Å². The zero-order chi connectivity index (χ0) is 19.4. The molecule has 0 aromatic carbocycles. The van der Waals surface area contributed by atoms with Crippen LogP contribution in [-0.2, 0) is 4.74 Å². The van der Waals surface area contributed by atoms with Gasteiger partial charge in [-0.2, -0.15) is 0 Å². The summed E-state index contributed by atoms with van der Waals surface area (Å²) in [5.41, 5.74) is 2.77. The Morgan fingerprint density at radius 3 is 2.71 bits per heavy atom. The maximum absolute atomic E-state index is 5.74. The van der Waals surface area contributed by atoms with Crippen LogP contribution in [0.3, 0.4) is 0 Å². The molecule has 5 aliphatic rings. The lowest BCUT2D eigenvalue weighted by molar-refractivity contribution is -0.0814. The molecule has 5 rings (SSSR count). The molecular formula is C26H43NO. The Hall–Kier alpha value is -0.340. The van der Waals surface area contributed by atoms with Crippen molar-refractivity contribution in [2.45, 2.75) is 115 Å². The van der Waals surface area contributed by atoms with Crippen molar-refractivity contribution in [3.63, 3.8) is 0 Å². The van der Waals surface area contributed by atoms with Crippen molar-refractivity contribution in [3.05, 3.63) is 11.6 Å². The second-order valence-corrected chi connectivity index (χ2v) is 11.2. The molecule has 2 heteroatoms. The zero-order valence-corrected chi connectivity index (χ0v) is 18.6. The van der Waals surface area contributed by atoms with E-state index in [-0.39, 0.29) is 0 Å². The molecule has 28 heavy (non-hydrogen) atoms. The van der Waals surface area contributed by atoms with Crippen LogP contribution in [0.25, 0.3) is 0 Å². The molecule has 1 heterocycles. The van der Waals surface area contributed by atoms with E-state index in [2.05, 4.69) is 25.2 Å². The lowest BCUT2D eigenvalue weighted by Gasteiger charge is -2.64. The summed E-state index contributed by atoms with van der Waals surface area (Å²) in [6.45, 7) is 4.94. The van der Waals surface area contributed by atoms with Gasteiger partial charge in [-0.15, -0.1) is 0 Å². The fourth-order valence-corrected chi connectivity index (χ4v) is 8.81. The summed E-state index contributed by atoms with van der Waals surface area (Å²) in [6, 6.07) is 0.848. The van der Waals surface area contributed by atoms with Gasteiger partial charge in [-0.25, -0.2) is 0 Å². The van der Waals surface area contributed by atoms with Gasteiger partial charge in [0.15, 0.2) is 0 Å². The standard InChI is InChI=1S/C26H43NO/c1-4-5-6-7-8-24-23-12-11-22-20-10-9-18-17-19(28-3)13-15-25(18,2)21(20)14-16-26(22,23)27-24/h9,19-24,27H,4-8,10-17H2,1-3H3. The minimum absolute atomic E-state index is 0.473. The van der Waals surface area contributed by atoms with Crippen molar-refractivity contribution < 1.29 is 4.74 Å². The van der Waals surface area contributed by atoms with Crippen molar-refractivity contribution in [1.82, 2.24) is 5.32 Å². The Morgan fingerprint density at radius 1 is 1.04 bits per heavy atom. The van der Waals surface area contributed by atoms with Crippen LogP contribution in [0.5, 0.6) is 0 Å². The van der Waals surface area contributed by atoms with Crippen LogP contribution in [0.1, 0.15) is 97.3 Å². The molecule has 4 aliphatic carbocycles. The Bertz CT molecular complexity index is 614. The Kier molecular flexibility index (Phi) is 5.19. The summed E-state index contributed by atoms with van der Waals surface area (Å²) in [4.78, 5) is 0. The molecule has 8 unspecified atom stereocenters. The van der Waals surface area contributed by atoms with Crippen LogP contribution in [0.4, 0.5) is 0 Å². The van der Waals surface area contributed by atoms with Gasteiger partial charge in [0, 0.05) is 18.7 Å². The van der Waals surface area contributed by atoms with Crippen LogP contribution in [0.2, 0.25) is 0 Å². The molecule has 1 N–H and O–H groups in total. The van der Waals surface area contributed by atoms with E-state index >= 15 is 0 Å². The van der Waals surface area contributed by atoms with Gasteiger partial charge in [0.2, 0.25) is 0 Å². The van der Waals surface area contributed by atoms with Crippen molar-refractivity contribution in [1.29, 1.82) is 0 Å². The van der Waals surface area contributed by atoms with E-state index in [4.69, 9.17) is 4.74 Å². The normalized spacial score (nSPS) is 49.3. The minimum Gasteiger partial charge on any atom is -0.381 e. The van der Waals surface area contributed by atoms with Gasteiger partial charge in [0.25, 0.3) is 0 Å². The van der Waals surface area contributed by atoms with Crippen LogP contribution < -0.4 is 5.32 Å². The maximum Gasteiger partial charge on any atom is 0.0608 e. The zero-order valence-electron chi connectivity index (χ0n) is 18.6. The highest BCUT2D eigenvalue weighted by Gasteiger charge is 2.66. The molecule has 0 radical (unpaired) electrons. The third-order valence-electron chi connectivity index (χ3n) is 10.3. The molecule has 2 nitrogen and oxygen atoms in total. The first-order valence-corrected chi connectivity index (χ1v) is 12.6. The lowest BCUT2D eigenvalue weighted by Crippen LogP contribution is -2.74. The predicted octanol–water partition coefficient (Wildman–Crippen LogP) is 6.26. The van der Waals surface area contributed by atoms with Gasteiger partial charge in [-0.3, -0.25) is 0 Å². The van der Waals surface area contributed by atoms with E-state index in [9.17, 15) is 0 Å². The van der Waals surface area contributed by atoms with Gasteiger partial charge < -0.3 is 10.1 Å². The van der Waals surface area contributed by atoms with E-state index in [1.807, 2.05) is 7.11 Å². The van der Waals surface area contributed by atoms with Crippen LogP contribution in [0.15, 0.2) is 11.6 Å². The molecule has 1 spiro atoms. The van der Waals surface area contributed by atoms with Gasteiger partial charge in [-0.1, -0.05) is 51.2 Å². The Labute approximate surface area is 173 Å². The first-order valence-electron chi connectivity index (χ1n) is 12.6. The summed E-state index contributed by atoms with van der Waals surface area (Å²) in [7, 11) is 1.91. The molecule has 3 saturated carbocycles. The first kappa shape index (κ1) is 19.6. The van der Waals surface area contributed by atoms with E-state index in [1.165, 1.54) is 83.5 Å². The average Bonchev–Trinajstić information content (AvgIpc) is 3.00. The molecule has 0 aromatic rings. The largest absolute Gasteiger partial charge is 0.381 e. The molecule has 0 bridgehead atoms. The average molecular weight is 386 g/mol. The van der Waals surface area contributed by atoms with Gasteiger partial charge in [-0.05, 0) is 86.9 Å². The number of unbranched alkanes of at least 4 members (excludes halogenated alkanes) is 3. The Morgan fingerprint density at radius 2 is 1.89 bits per heavy atom. The van der Waals surface area contributed by atoms with Crippen molar-refractivity contribution >= 4 is 0 Å². The van der Waals surface area contributed by atoms with Crippen LogP contribution in [0, 0.1) is 29.1 Å². The highest BCUT2D eigenvalue weighted by molar-refractivity contribution is 5.28. The number of ether oxygens (including phenoxy) is 1. The number of rotatable bonds is 6. The van der Waals surface area contributed by atoms with E-state index < -0.39 is 0 Å². The molecule has 1 aliphatic heterocycles. The van der Waals surface area contributed by atoms with Crippen molar-refractivity contribution in [2.24, 2.45) is 29.1 Å². The first-order chi connectivity index (χ1) is 13.6. The molecule has 8 atom stereocenters. The fraction of sp³-hybridized carbons (Fsp3) is 0.923. The maximum atomic E-state index is 5.74. The predicted molar refractivity (Wildman–Crippen MR) is 116 cm³/mol. The molecular weight excluding hydrogens is 342 g/mol.